The quantitative estimate of drug-likeness (QED) is 0.323. The van der Waals surface area contributed by atoms with Gasteiger partial charge < -0.3 is 16.0 Å². The molecule has 2 saturated heterocycles. The molecule has 5 unspecified atom stereocenters. The van der Waals surface area contributed by atoms with Crippen LogP contribution in [0.2, 0.25) is 0 Å². The van der Waals surface area contributed by atoms with E-state index >= 15 is 0 Å². The Bertz CT molecular complexity index is 699. The number of halogens is 1. The maximum absolute atomic E-state index is 13.0. The van der Waals surface area contributed by atoms with Crippen molar-refractivity contribution < 1.29 is 13.2 Å². The molecule has 1 amide bonds. The van der Waals surface area contributed by atoms with E-state index in [-0.39, 0.29) is 22.6 Å². The molecule has 9 heteroatoms. The van der Waals surface area contributed by atoms with Crippen LogP contribution in [-0.4, -0.2) is 74.6 Å². The number of unbranched alkanes of at least 4 members (excludes halogenated alkanes) is 1. The Hall–Kier alpha value is -0.410. The highest BCUT2D eigenvalue weighted by molar-refractivity contribution is 7.89. The van der Waals surface area contributed by atoms with Gasteiger partial charge in [-0.25, -0.2) is 12.7 Å². The van der Waals surface area contributed by atoms with Gasteiger partial charge in [-0.15, -0.1) is 11.6 Å². The van der Waals surface area contributed by atoms with E-state index in [0.29, 0.717) is 37.4 Å². The molecule has 32 heavy (non-hydrogen) atoms. The van der Waals surface area contributed by atoms with E-state index in [1.165, 1.54) is 0 Å². The second kappa shape index (κ2) is 12.3. The van der Waals surface area contributed by atoms with E-state index in [2.05, 4.69) is 22.9 Å². The fourth-order valence-corrected chi connectivity index (χ4v) is 8.20. The number of hydrogen-bond donors (Lipinski definition) is 3. The molecule has 3 rings (SSSR count). The highest BCUT2D eigenvalue weighted by atomic mass is 35.5. The summed E-state index contributed by atoms with van der Waals surface area (Å²) >= 11 is 6.23. The van der Waals surface area contributed by atoms with Gasteiger partial charge in [-0.05, 0) is 77.3 Å². The van der Waals surface area contributed by atoms with Crippen LogP contribution in [0.15, 0.2) is 0 Å². The molecule has 0 aromatic rings. The summed E-state index contributed by atoms with van der Waals surface area (Å²) in [5.74, 6) is 1.21. The van der Waals surface area contributed by atoms with Crippen LogP contribution in [0.1, 0.15) is 71.1 Å². The molecule has 2 aliphatic heterocycles. The molecular formula is C23H43ClN4O3S. The first kappa shape index (κ1) is 26.2. The zero-order chi connectivity index (χ0) is 23.1. The first-order valence-corrected chi connectivity index (χ1v) is 14.6. The van der Waals surface area contributed by atoms with E-state index in [0.717, 1.165) is 70.9 Å². The monoisotopic (exact) mass is 490 g/mol. The summed E-state index contributed by atoms with van der Waals surface area (Å²) in [6.07, 6.45) is 9.14. The van der Waals surface area contributed by atoms with Crippen molar-refractivity contribution in [3.8, 4) is 0 Å². The van der Waals surface area contributed by atoms with E-state index < -0.39 is 10.0 Å². The van der Waals surface area contributed by atoms with Crippen LogP contribution in [0.4, 0.5) is 0 Å². The summed E-state index contributed by atoms with van der Waals surface area (Å²) < 4.78 is 27.6. The van der Waals surface area contributed by atoms with Gasteiger partial charge in [0.25, 0.3) is 0 Å². The van der Waals surface area contributed by atoms with E-state index in [4.69, 9.17) is 11.6 Å². The van der Waals surface area contributed by atoms with Gasteiger partial charge in [0.15, 0.2) is 0 Å². The van der Waals surface area contributed by atoms with E-state index in [9.17, 15) is 13.2 Å². The van der Waals surface area contributed by atoms with Crippen molar-refractivity contribution in [2.24, 2.45) is 11.8 Å². The lowest BCUT2D eigenvalue weighted by molar-refractivity contribution is -0.122. The van der Waals surface area contributed by atoms with Gasteiger partial charge in [-0.3, -0.25) is 4.79 Å². The minimum Gasteiger partial charge on any atom is -0.355 e. The molecule has 3 aliphatic rings. The van der Waals surface area contributed by atoms with Gasteiger partial charge >= 0.3 is 0 Å². The molecule has 5 atom stereocenters. The number of nitrogens with one attached hydrogen (secondary N) is 3. The molecule has 3 fully saturated rings. The first-order valence-electron chi connectivity index (χ1n) is 12.6. The fraction of sp³-hybridized carbons (Fsp3) is 0.957. The third-order valence-electron chi connectivity index (χ3n) is 7.75. The van der Waals surface area contributed by atoms with Gasteiger partial charge in [0.05, 0.1) is 11.3 Å². The fourth-order valence-electron chi connectivity index (χ4n) is 5.65. The Morgan fingerprint density at radius 3 is 2.56 bits per heavy atom. The van der Waals surface area contributed by atoms with Crippen molar-refractivity contribution in [3.05, 3.63) is 0 Å². The molecular weight excluding hydrogens is 448 g/mol. The van der Waals surface area contributed by atoms with Gasteiger partial charge in [0.2, 0.25) is 15.9 Å². The number of carbonyl (C=O) groups is 1. The van der Waals surface area contributed by atoms with E-state index in [1.54, 1.807) is 4.31 Å². The molecule has 0 radical (unpaired) electrons. The Morgan fingerprint density at radius 1 is 1.12 bits per heavy atom. The SMILES string of the molecule is CNCC1CC(C(=O)NCCCCC2CCN(S(=O)(=O)C3CCCC(Cl)C3)CC2)NC1C. The topological polar surface area (TPSA) is 90.5 Å². The minimum absolute atomic E-state index is 0.00387. The second-order valence-electron chi connectivity index (χ2n) is 10.1. The highest BCUT2D eigenvalue weighted by Crippen LogP contribution is 2.32. The molecule has 0 spiro atoms. The lowest BCUT2D eigenvalue weighted by Crippen LogP contribution is -2.45. The van der Waals surface area contributed by atoms with Crippen LogP contribution in [-0.2, 0) is 14.8 Å². The first-order chi connectivity index (χ1) is 15.3. The van der Waals surface area contributed by atoms with Crippen molar-refractivity contribution in [3.63, 3.8) is 0 Å². The number of amides is 1. The predicted octanol–water partition coefficient (Wildman–Crippen LogP) is 2.45. The Kier molecular flexibility index (Phi) is 10.1. The third-order valence-corrected chi connectivity index (χ3v) is 10.5. The average Bonchev–Trinajstić information content (AvgIpc) is 3.14. The van der Waals surface area contributed by atoms with Crippen molar-refractivity contribution in [2.45, 2.75) is 93.8 Å². The largest absolute Gasteiger partial charge is 0.355 e. The zero-order valence-electron chi connectivity index (χ0n) is 19.8. The molecule has 1 saturated carbocycles. The summed E-state index contributed by atoms with van der Waals surface area (Å²) in [4.78, 5) is 12.4. The number of piperidine rings is 1. The molecule has 3 N–H and O–H groups in total. The number of sulfonamides is 1. The smallest absolute Gasteiger partial charge is 0.237 e. The van der Waals surface area contributed by atoms with Crippen LogP contribution < -0.4 is 16.0 Å². The third kappa shape index (κ3) is 7.05. The van der Waals surface area contributed by atoms with E-state index in [1.807, 2.05) is 7.05 Å². The van der Waals surface area contributed by atoms with Gasteiger partial charge in [-0.2, -0.15) is 0 Å². The van der Waals surface area contributed by atoms with Crippen molar-refractivity contribution in [1.29, 1.82) is 0 Å². The number of nitrogens with zero attached hydrogens (tertiary/aromatic N) is 1. The molecule has 0 aromatic heterocycles. The molecule has 7 nitrogen and oxygen atoms in total. The van der Waals surface area contributed by atoms with Crippen molar-refractivity contribution in [1.82, 2.24) is 20.3 Å². The molecule has 0 aromatic carbocycles. The normalized spacial score (nSPS) is 32.8. The van der Waals surface area contributed by atoms with Gasteiger partial charge in [0.1, 0.15) is 0 Å². The average molecular weight is 491 g/mol. The predicted molar refractivity (Wildman–Crippen MR) is 130 cm³/mol. The summed E-state index contributed by atoms with van der Waals surface area (Å²) in [7, 11) is -1.25. The zero-order valence-corrected chi connectivity index (χ0v) is 21.4. The molecule has 2 heterocycles. The Balaban J connectivity index is 1.28. The lowest BCUT2D eigenvalue weighted by Gasteiger charge is -2.35. The van der Waals surface area contributed by atoms with Crippen LogP contribution in [0.25, 0.3) is 0 Å². The van der Waals surface area contributed by atoms with Crippen molar-refractivity contribution >= 4 is 27.5 Å². The Labute approximate surface area is 199 Å². The second-order valence-corrected chi connectivity index (χ2v) is 13.0. The lowest BCUT2D eigenvalue weighted by atomic mass is 9.92. The summed E-state index contributed by atoms with van der Waals surface area (Å²) in [5, 5.41) is 9.43. The van der Waals surface area contributed by atoms with Crippen LogP contribution >= 0.6 is 11.6 Å². The maximum Gasteiger partial charge on any atom is 0.237 e. The highest BCUT2D eigenvalue weighted by Gasteiger charge is 2.37. The van der Waals surface area contributed by atoms with Gasteiger partial charge in [-0.1, -0.05) is 19.3 Å². The van der Waals surface area contributed by atoms with Crippen molar-refractivity contribution in [2.75, 3.05) is 33.2 Å². The minimum atomic E-state index is -3.21. The number of rotatable bonds is 10. The molecule has 1 aliphatic carbocycles. The summed E-state index contributed by atoms with van der Waals surface area (Å²) in [6, 6.07) is 0.287. The van der Waals surface area contributed by atoms with Crippen LogP contribution in [0.5, 0.6) is 0 Å². The summed E-state index contributed by atoms with van der Waals surface area (Å²) in [5.41, 5.74) is 0. The number of carbonyl (C=O) groups excluding carboxylic acids is 1. The summed E-state index contributed by atoms with van der Waals surface area (Å²) in [6.45, 7) is 5.09. The van der Waals surface area contributed by atoms with Crippen LogP contribution in [0, 0.1) is 11.8 Å². The molecule has 0 bridgehead atoms. The van der Waals surface area contributed by atoms with Gasteiger partial charge in [0, 0.05) is 31.1 Å². The maximum atomic E-state index is 13.0. The van der Waals surface area contributed by atoms with Crippen LogP contribution in [0.3, 0.4) is 0 Å². The number of alkyl halides is 1. The standard InChI is InChI=1S/C23H43ClN4O3S/c1-17-19(16-25-2)14-22(27-17)23(29)26-11-4-3-6-18-9-12-28(13-10-18)32(30,31)21-8-5-7-20(24)15-21/h17-22,25,27H,3-16H2,1-2H3,(H,26,29). The number of hydrogen-bond acceptors (Lipinski definition) is 5. The Morgan fingerprint density at radius 2 is 1.88 bits per heavy atom. The molecule has 186 valence electrons.